The number of carboxylic acids is 1. The van der Waals surface area contributed by atoms with E-state index in [9.17, 15) is 14.4 Å². The SMILES string of the molecule is CC(C)CCNC(=O)C12CC3CC(C1)CC(C(=O)NCc1ccc(C(=O)O)cc1)(C3)C2. The summed E-state index contributed by atoms with van der Waals surface area (Å²) in [6.07, 6.45) is 6.38. The lowest BCUT2D eigenvalue weighted by molar-refractivity contribution is -0.167. The van der Waals surface area contributed by atoms with Gasteiger partial charge in [-0.05, 0) is 80.4 Å². The Morgan fingerprint density at radius 1 is 0.968 bits per heavy atom. The third kappa shape index (κ3) is 4.35. The van der Waals surface area contributed by atoms with Crippen molar-refractivity contribution < 1.29 is 19.5 Å². The second-order valence-corrected chi connectivity index (χ2v) is 10.6. The predicted octanol–water partition coefficient (Wildman–Crippen LogP) is 3.75. The molecule has 1 aromatic rings. The molecule has 4 saturated carbocycles. The van der Waals surface area contributed by atoms with Gasteiger partial charge < -0.3 is 15.7 Å². The number of benzene rings is 1. The highest BCUT2D eigenvalue weighted by Gasteiger charge is 2.62. The van der Waals surface area contributed by atoms with Gasteiger partial charge in [0.25, 0.3) is 0 Å². The van der Waals surface area contributed by atoms with Crippen molar-refractivity contribution in [2.45, 2.75) is 65.3 Å². The van der Waals surface area contributed by atoms with Crippen LogP contribution in [0.2, 0.25) is 0 Å². The lowest BCUT2D eigenvalue weighted by Crippen LogP contribution is -2.61. The van der Waals surface area contributed by atoms with Crippen LogP contribution in [0.15, 0.2) is 24.3 Å². The van der Waals surface area contributed by atoms with Gasteiger partial charge in [-0.3, -0.25) is 9.59 Å². The third-order valence-electron chi connectivity index (χ3n) is 7.69. The minimum atomic E-state index is -0.957. The van der Waals surface area contributed by atoms with Crippen molar-refractivity contribution in [2.24, 2.45) is 28.6 Å². The van der Waals surface area contributed by atoms with E-state index in [0.717, 1.165) is 44.1 Å². The number of carbonyl (C=O) groups is 3. The average molecular weight is 427 g/mol. The molecule has 0 spiro atoms. The topological polar surface area (TPSA) is 95.5 Å². The van der Waals surface area contributed by atoms with Crippen molar-refractivity contribution in [2.75, 3.05) is 6.54 Å². The number of hydrogen-bond donors (Lipinski definition) is 3. The average Bonchev–Trinajstić information content (AvgIpc) is 2.71. The number of nitrogens with one attached hydrogen (secondary N) is 2. The van der Waals surface area contributed by atoms with Crippen molar-refractivity contribution in [1.82, 2.24) is 10.6 Å². The molecule has 0 heterocycles. The normalized spacial score (nSPS) is 30.9. The summed E-state index contributed by atoms with van der Waals surface area (Å²) in [5.41, 5.74) is 0.285. The standard InChI is InChI=1S/C25H34N2O4/c1-16(2)7-8-26-22(30)24-10-18-9-19(11-24)13-25(12-18,15-24)23(31)27-14-17-3-5-20(6-4-17)21(28)29/h3-6,16,18-19H,7-15H2,1-2H3,(H,26,30)(H,27,31)(H,28,29). The van der Waals surface area contributed by atoms with Gasteiger partial charge in [-0.15, -0.1) is 0 Å². The first kappa shape index (κ1) is 21.8. The Morgan fingerprint density at radius 3 is 2.03 bits per heavy atom. The van der Waals surface area contributed by atoms with Crippen LogP contribution < -0.4 is 10.6 Å². The first-order chi connectivity index (χ1) is 14.7. The Kier molecular flexibility index (Phi) is 5.84. The molecule has 0 aromatic heterocycles. The summed E-state index contributed by atoms with van der Waals surface area (Å²) < 4.78 is 0. The second-order valence-electron chi connectivity index (χ2n) is 10.6. The molecule has 2 atom stereocenters. The molecule has 4 bridgehead atoms. The van der Waals surface area contributed by atoms with Crippen molar-refractivity contribution in [1.29, 1.82) is 0 Å². The van der Waals surface area contributed by atoms with E-state index in [1.54, 1.807) is 24.3 Å². The van der Waals surface area contributed by atoms with Gasteiger partial charge in [-0.1, -0.05) is 26.0 Å². The Balaban J connectivity index is 1.43. The highest BCUT2D eigenvalue weighted by molar-refractivity contribution is 5.88. The zero-order valence-electron chi connectivity index (χ0n) is 18.6. The molecule has 168 valence electrons. The van der Waals surface area contributed by atoms with Crippen LogP contribution in [0.3, 0.4) is 0 Å². The Morgan fingerprint density at radius 2 is 1.52 bits per heavy atom. The molecular weight excluding hydrogens is 392 g/mol. The molecule has 6 heteroatoms. The quantitative estimate of drug-likeness (QED) is 0.590. The maximum absolute atomic E-state index is 13.4. The summed E-state index contributed by atoms with van der Waals surface area (Å²) in [5.74, 6) is 0.724. The molecule has 6 nitrogen and oxygen atoms in total. The fourth-order valence-corrected chi connectivity index (χ4v) is 6.59. The van der Waals surface area contributed by atoms with Gasteiger partial charge in [0.2, 0.25) is 11.8 Å². The zero-order chi connectivity index (χ0) is 22.2. The van der Waals surface area contributed by atoms with E-state index in [4.69, 9.17) is 5.11 Å². The summed E-state index contributed by atoms with van der Waals surface area (Å²) in [7, 11) is 0. The fraction of sp³-hybridized carbons (Fsp3) is 0.640. The first-order valence-corrected chi connectivity index (χ1v) is 11.6. The Labute approximate surface area is 184 Å². The molecule has 5 rings (SSSR count). The summed E-state index contributed by atoms with van der Waals surface area (Å²) in [6.45, 7) is 5.40. The molecule has 2 amide bonds. The number of amides is 2. The van der Waals surface area contributed by atoms with E-state index in [1.165, 1.54) is 0 Å². The van der Waals surface area contributed by atoms with E-state index in [0.29, 0.717) is 37.3 Å². The number of carboxylic acid groups (broad SMARTS) is 1. The molecule has 4 fully saturated rings. The van der Waals surface area contributed by atoms with Crippen molar-refractivity contribution in [3.63, 3.8) is 0 Å². The number of rotatable bonds is 8. The largest absolute Gasteiger partial charge is 0.478 e. The van der Waals surface area contributed by atoms with E-state index in [2.05, 4.69) is 24.5 Å². The summed E-state index contributed by atoms with van der Waals surface area (Å²) >= 11 is 0. The van der Waals surface area contributed by atoms with Gasteiger partial charge in [0.15, 0.2) is 0 Å². The van der Waals surface area contributed by atoms with Crippen molar-refractivity contribution >= 4 is 17.8 Å². The molecule has 0 saturated heterocycles. The van der Waals surface area contributed by atoms with Crippen molar-refractivity contribution in [3.8, 4) is 0 Å². The zero-order valence-corrected chi connectivity index (χ0v) is 18.6. The van der Waals surface area contributed by atoms with E-state index in [-0.39, 0.29) is 22.8 Å². The maximum Gasteiger partial charge on any atom is 0.335 e. The van der Waals surface area contributed by atoms with Gasteiger partial charge >= 0.3 is 5.97 Å². The van der Waals surface area contributed by atoms with Gasteiger partial charge in [-0.2, -0.15) is 0 Å². The van der Waals surface area contributed by atoms with Crippen LogP contribution in [0.5, 0.6) is 0 Å². The number of aromatic carboxylic acids is 1. The van der Waals surface area contributed by atoms with Gasteiger partial charge in [-0.25, -0.2) is 4.79 Å². The third-order valence-corrected chi connectivity index (χ3v) is 7.69. The minimum absolute atomic E-state index is 0.0586. The smallest absolute Gasteiger partial charge is 0.335 e. The van der Waals surface area contributed by atoms with Gasteiger partial charge in [0.05, 0.1) is 16.4 Å². The first-order valence-electron chi connectivity index (χ1n) is 11.6. The second kappa shape index (κ2) is 8.29. The molecule has 0 radical (unpaired) electrons. The van der Waals surface area contributed by atoms with E-state index in [1.807, 2.05) is 0 Å². The molecule has 4 aliphatic carbocycles. The molecular formula is C25H34N2O4. The van der Waals surface area contributed by atoms with Crippen LogP contribution in [0.25, 0.3) is 0 Å². The summed E-state index contributed by atoms with van der Waals surface area (Å²) in [4.78, 5) is 37.6. The number of carbonyl (C=O) groups excluding carboxylic acids is 2. The minimum Gasteiger partial charge on any atom is -0.478 e. The van der Waals surface area contributed by atoms with Gasteiger partial charge in [0, 0.05) is 13.1 Å². The number of hydrogen-bond acceptors (Lipinski definition) is 3. The van der Waals surface area contributed by atoms with Crippen LogP contribution in [-0.4, -0.2) is 29.4 Å². The lowest BCUT2D eigenvalue weighted by atomic mass is 9.43. The molecule has 31 heavy (non-hydrogen) atoms. The summed E-state index contributed by atoms with van der Waals surface area (Å²) in [5, 5.41) is 15.3. The summed E-state index contributed by atoms with van der Waals surface area (Å²) in [6, 6.07) is 6.61. The highest BCUT2D eigenvalue weighted by Crippen LogP contribution is 2.65. The molecule has 4 aliphatic rings. The Bertz CT molecular complexity index is 847. The van der Waals surface area contributed by atoms with Crippen LogP contribution in [0.1, 0.15) is 74.7 Å². The Hall–Kier alpha value is -2.37. The predicted molar refractivity (Wildman–Crippen MR) is 117 cm³/mol. The van der Waals surface area contributed by atoms with Crippen LogP contribution >= 0.6 is 0 Å². The fourth-order valence-electron chi connectivity index (χ4n) is 6.59. The highest BCUT2D eigenvalue weighted by atomic mass is 16.4. The molecule has 0 aliphatic heterocycles. The van der Waals surface area contributed by atoms with E-state index >= 15 is 0 Å². The van der Waals surface area contributed by atoms with Crippen LogP contribution in [0, 0.1) is 28.6 Å². The van der Waals surface area contributed by atoms with E-state index < -0.39 is 11.4 Å². The monoisotopic (exact) mass is 426 g/mol. The van der Waals surface area contributed by atoms with Crippen molar-refractivity contribution in [3.05, 3.63) is 35.4 Å². The maximum atomic E-state index is 13.4. The molecule has 2 unspecified atom stereocenters. The van der Waals surface area contributed by atoms with Gasteiger partial charge in [0.1, 0.15) is 0 Å². The lowest BCUT2D eigenvalue weighted by Gasteiger charge is -2.60. The molecule has 3 N–H and O–H groups in total. The van der Waals surface area contributed by atoms with Crippen LogP contribution in [0.4, 0.5) is 0 Å². The molecule has 1 aromatic carbocycles. The van der Waals surface area contributed by atoms with Crippen LogP contribution in [-0.2, 0) is 16.1 Å².